The maximum Gasteiger partial charge on any atom is 0.243 e. The van der Waals surface area contributed by atoms with Gasteiger partial charge in [-0.15, -0.1) is 0 Å². The Bertz CT molecular complexity index is 1620. The molecule has 1 aliphatic heterocycles. The number of rotatable bonds is 4. The van der Waals surface area contributed by atoms with Gasteiger partial charge in [-0.25, -0.2) is 18.4 Å². The summed E-state index contributed by atoms with van der Waals surface area (Å²) in [6.07, 6.45) is 3.35. The van der Waals surface area contributed by atoms with E-state index in [0.717, 1.165) is 27.3 Å². The van der Waals surface area contributed by atoms with Crippen LogP contribution in [0.25, 0.3) is 32.8 Å². The van der Waals surface area contributed by atoms with Gasteiger partial charge in [0.2, 0.25) is 10.0 Å². The van der Waals surface area contributed by atoms with Crippen LogP contribution in [0.5, 0.6) is 0 Å². The van der Waals surface area contributed by atoms with Crippen LogP contribution in [0.4, 0.5) is 0 Å². The number of pyridine rings is 1. The van der Waals surface area contributed by atoms with Crippen LogP contribution in [-0.4, -0.2) is 50.4 Å². The number of aromatic nitrogens is 4. The Morgan fingerprint density at radius 1 is 1.15 bits per heavy atom. The Morgan fingerprint density at radius 2 is 1.97 bits per heavy atom. The first kappa shape index (κ1) is 20.3. The lowest BCUT2D eigenvalue weighted by Gasteiger charge is -2.20. The van der Waals surface area contributed by atoms with Crippen LogP contribution in [0.2, 0.25) is 0 Å². The van der Waals surface area contributed by atoms with Crippen molar-refractivity contribution >= 4 is 42.9 Å². The second-order valence-corrected chi connectivity index (χ2v) is 10.5. The molecule has 0 aliphatic carbocycles. The quantitative estimate of drug-likeness (QED) is 0.424. The number of nitrogens with one attached hydrogen (secondary N) is 1. The van der Waals surface area contributed by atoms with Crippen LogP contribution in [0, 0.1) is 0 Å². The first-order valence-electron chi connectivity index (χ1n) is 10.9. The van der Waals surface area contributed by atoms with Crippen molar-refractivity contribution in [1.82, 2.24) is 23.8 Å². The van der Waals surface area contributed by atoms with Gasteiger partial charge in [0.25, 0.3) is 0 Å². The minimum Gasteiger partial charge on any atom is -0.385 e. The number of nitrogens with zero attached hydrogens (tertiary/aromatic N) is 4. The number of H-pyrrole nitrogens is 1. The fourth-order valence-electron chi connectivity index (χ4n) is 4.89. The lowest BCUT2D eigenvalue weighted by molar-refractivity contribution is 0.182. The molecule has 0 spiro atoms. The summed E-state index contributed by atoms with van der Waals surface area (Å²) < 4.78 is 30.5. The number of benzene rings is 2. The molecule has 1 aliphatic rings. The maximum atomic E-state index is 13.5. The molecule has 0 radical (unpaired) electrons. The summed E-state index contributed by atoms with van der Waals surface area (Å²) in [6, 6.07) is 14.8. The Balaban J connectivity index is 1.41. The summed E-state index contributed by atoms with van der Waals surface area (Å²) >= 11 is 0. The van der Waals surface area contributed by atoms with E-state index in [1.807, 2.05) is 47.2 Å². The zero-order chi connectivity index (χ0) is 22.7. The highest BCUT2D eigenvalue weighted by atomic mass is 32.2. The van der Waals surface area contributed by atoms with Gasteiger partial charge in [-0.1, -0.05) is 30.3 Å². The second kappa shape index (κ2) is 7.38. The van der Waals surface area contributed by atoms with Gasteiger partial charge < -0.3 is 14.7 Å². The van der Waals surface area contributed by atoms with Crippen molar-refractivity contribution in [3.63, 3.8) is 0 Å². The van der Waals surface area contributed by atoms with Gasteiger partial charge in [0.05, 0.1) is 22.7 Å². The van der Waals surface area contributed by atoms with E-state index >= 15 is 0 Å². The zero-order valence-electron chi connectivity index (χ0n) is 18.0. The van der Waals surface area contributed by atoms with Crippen LogP contribution in [0.15, 0.2) is 65.8 Å². The lowest BCUT2D eigenvalue weighted by Crippen LogP contribution is -2.29. The number of fused-ring (bicyclic) bond motifs is 4. The first-order chi connectivity index (χ1) is 15.9. The summed E-state index contributed by atoms with van der Waals surface area (Å²) in [5.74, 6) is 0.524. The average Bonchev–Trinajstić information content (AvgIpc) is 3.55. The molecule has 4 heterocycles. The summed E-state index contributed by atoms with van der Waals surface area (Å²) in [5.41, 5.74) is 2.29. The molecular formula is C24H23N5O3S. The maximum absolute atomic E-state index is 13.5. The molecule has 2 atom stereocenters. The van der Waals surface area contributed by atoms with E-state index in [0.29, 0.717) is 35.7 Å². The Hall–Kier alpha value is -3.27. The van der Waals surface area contributed by atoms with Gasteiger partial charge in [0.1, 0.15) is 23.1 Å². The highest BCUT2D eigenvalue weighted by molar-refractivity contribution is 7.89. The predicted octanol–water partition coefficient (Wildman–Crippen LogP) is 3.75. The monoisotopic (exact) mass is 461 g/mol. The fraction of sp³-hybridized carbons (Fsp3) is 0.250. The first-order valence-corrected chi connectivity index (χ1v) is 12.4. The van der Waals surface area contributed by atoms with Gasteiger partial charge in [-0.3, -0.25) is 0 Å². The molecule has 6 rings (SSSR count). The van der Waals surface area contributed by atoms with E-state index in [2.05, 4.69) is 15.0 Å². The van der Waals surface area contributed by atoms with Gasteiger partial charge >= 0.3 is 0 Å². The number of aliphatic hydroxyl groups is 1. The molecule has 0 saturated carbocycles. The largest absolute Gasteiger partial charge is 0.385 e. The number of hydrogen-bond acceptors (Lipinski definition) is 5. The third-order valence-corrected chi connectivity index (χ3v) is 8.35. The molecule has 1 fully saturated rings. The zero-order valence-corrected chi connectivity index (χ0v) is 18.8. The van der Waals surface area contributed by atoms with Crippen molar-refractivity contribution in [3.8, 4) is 0 Å². The Labute approximate surface area is 190 Å². The minimum absolute atomic E-state index is 0.143. The molecule has 5 aromatic rings. The smallest absolute Gasteiger partial charge is 0.243 e. The molecule has 0 bridgehead atoms. The average molecular weight is 462 g/mol. The van der Waals surface area contributed by atoms with Crippen LogP contribution in [0.3, 0.4) is 0 Å². The second-order valence-electron chi connectivity index (χ2n) is 8.56. The summed E-state index contributed by atoms with van der Waals surface area (Å²) in [7, 11) is -3.65. The summed E-state index contributed by atoms with van der Waals surface area (Å²) in [4.78, 5) is 12.5. The third-order valence-electron chi connectivity index (χ3n) is 6.49. The lowest BCUT2D eigenvalue weighted by atomic mass is 10.1. The van der Waals surface area contributed by atoms with E-state index in [1.165, 1.54) is 4.31 Å². The number of hydrogen-bond donors (Lipinski definition) is 2. The molecule has 2 aromatic carbocycles. The number of aromatic amines is 1. The van der Waals surface area contributed by atoms with Crippen molar-refractivity contribution < 1.29 is 13.5 Å². The predicted molar refractivity (Wildman–Crippen MR) is 126 cm³/mol. The van der Waals surface area contributed by atoms with Crippen LogP contribution < -0.4 is 0 Å². The van der Waals surface area contributed by atoms with E-state index < -0.39 is 16.1 Å². The van der Waals surface area contributed by atoms with Crippen molar-refractivity contribution in [3.05, 3.63) is 66.7 Å². The van der Waals surface area contributed by atoms with E-state index in [9.17, 15) is 13.5 Å². The van der Waals surface area contributed by atoms with Gasteiger partial charge in [-0.2, -0.15) is 4.31 Å². The van der Waals surface area contributed by atoms with Crippen molar-refractivity contribution in [1.29, 1.82) is 0 Å². The molecule has 2 N–H and O–H groups in total. The normalized spacial score (nSPS) is 18.5. The van der Waals surface area contributed by atoms with Crippen molar-refractivity contribution in [2.45, 2.75) is 30.4 Å². The molecule has 1 saturated heterocycles. The van der Waals surface area contributed by atoms with E-state index in [1.54, 1.807) is 25.3 Å². The summed E-state index contributed by atoms with van der Waals surface area (Å²) in [6.45, 7) is 2.40. The molecule has 1 unspecified atom stereocenters. The molecule has 8 nitrogen and oxygen atoms in total. The van der Waals surface area contributed by atoms with Crippen molar-refractivity contribution in [2.75, 3.05) is 13.1 Å². The molecule has 33 heavy (non-hydrogen) atoms. The molecule has 9 heteroatoms. The number of imidazole rings is 1. The van der Waals surface area contributed by atoms with E-state index in [-0.39, 0.29) is 6.04 Å². The van der Waals surface area contributed by atoms with Crippen LogP contribution >= 0.6 is 0 Å². The topological polar surface area (TPSA) is 104 Å². The van der Waals surface area contributed by atoms with Crippen LogP contribution in [0.1, 0.15) is 31.3 Å². The van der Waals surface area contributed by atoms with E-state index in [4.69, 9.17) is 0 Å². The fourth-order valence-corrected chi connectivity index (χ4v) is 6.42. The summed E-state index contributed by atoms with van der Waals surface area (Å²) in [5, 5.41) is 13.3. The van der Waals surface area contributed by atoms with Gasteiger partial charge in [0.15, 0.2) is 0 Å². The highest BCUT2D eigenvalue weighted by Crippen LogP contribution is 2.35. The molecule has 3 aromatic heterocycles. The number of sulfonamides is 1. The molecule has 0 amide bonds. The minimum atomic E-state index is -3.65. The Kier molecular flexibility index (Phi) is 4.55. The van der Waals surface area contributed by atoms with Gasteiger partial charge in [0, 0.05) is 24.7 Å². The standard InChI is InChI=1S/C24H23N5O3S/c1-15(30)24-27-21-13-26-23-20(8-10-25-23)22(21)29(24)18-9-11-28(14-18)33(31,32)19-7-6-16-4-2-3-5-17(16)12-19/h2-8,10,12-13,15,18,30H,9,11,14H2,1H3,(H,25,26)/t15-,18?/m1/s1. The third kappa shape index (κ3) is 3.15. The SMILES string of the molecule is C[C@@H](O)c1nc2cnc3[nH]ccc3c2n1C1CCN(S(=O)(=O)c2ccc3ccccc3c2)C1. The van der Waals surface area contributed by atoms with Crippen molar-refractivity contribution in [2.24, 2.45) is 0 Å². The Morgan fingerprint density at radius 3 is 2.79 bits per heavy atom. The molecular weight excluding hydrogens is 438 g/mol. The number of aliphatic hydroxyl groups excluding tert-OH is 1. The van der Waals surface area contributed by atoms with Crippen LogP contribution in [-0.2, 0) is 10.0 Å². The highest BCUT2D eigenvalue weighted by Gasteiger charge is 2.36. The molecule has 168 valence electrons. The van der Waals surface area contributed by atoms with Gasteiger partial charge in [-0.05, 0) is 42.3 Å².